The molecular formula is C18H17NO2. The lowest BCUT2D eigenvalue weighted by Crippen LogP contribution is -2.17. The Morgan fingerprint density at radius 1 is 1.10 bits per heavy atom. The van der Waals surface area contributed by atoms with E-state index in [1.54, 1.807) is 12.1 Å². The Hall–Kier alpha value is -2.60. The minimum atomic E-state index is -0.925. The topological polar surface area (TPSA) is 30.7 Å². The number of carbonyl (C=O) groups excluding carboxylic acids is 1. The van der Waals surface area contributed by atoms with Crippen LogP contribution in [0.25, 0.3) is 4.85 Å². The number of esters is 1. The fourth-order valence-corrected chi connectivity index (χ4v) is 2.38. The largest absolute Gasteiger partial charge is 0.420 e. The van der Waals surface area contributed by atoms with Gasteiger partial charge in [-0.15, -0.1) is 0 Å². The Morgan fingerprint density at radius 2 is 1.67 bits per heavy atom. The third-order valence-corrected chi connectivity index (χ3v) is 3.27. The molecule has 0 bridgehead atoms. The quantitative estimate of drug-likeness (QED) is 0.479. The van der Waals surface area contributed by atoms with Crippen LogP contribution in [0.5, 0.6) is 5.75 Å². The first-order valence-electron chi connectivity index (χ1n) is 6.74. The predicted molar refractivity (Wildman–Crippen MR) is 82.1 cm³/mol. The Kier molecular flexibility index (Phi) is 4.39. The number of benzene rings is 2. The summed E-state index contributed by atoms with van der Waals surface area (Å²) in [6.45, 7) is 13.1. The van der Waals surface area contributed by atoms with Gasteiger partial charge in [-0.25, -0.2) is 11.4 Å². The summed E-state index contributed by atoms with van der Waals surface area (Å²) in [4.78, 5) is 15.7. The summed E-state index contributed by atoms with van der Waals surface area (Å²) in [5.74, 6) is 0.0152. The van der Waals surface area contributed by atoms with E-state index >= 15 is 0 Å². The molecular weight excluding hydrogens is 262 g/mol. The molecule has 2 aromatic rings. The van der Waals surface area contributed by atoms with Crippen molar-refractivity contribution in [1.82, 2.24) is 0 Å². The van der Waals surface area contributed by atoms with Crippen LogP contribution in [0.4, 0.5) is 0 Å². The van der Waals surface area contributed by atoms with Gasteiger partial charge in [0.25, 0.3) is 0 Å². The van der Waals surface area contributed by atoms with Crippen molar-refractivity contribution in [3.63, 3.8) is 0 Å². The van der Waals surface area contributed by atoms with Crippen molar-refractivity contribution in [2.45, 2.75) is 26.8 Å². The van der Waals surface area contributed by atoms with Crippen LogP contribution in [0, 0.1) is 27.3 Å². The normalized spacial score (nSPS) is 11.5. The zero-order valence-electron chi connectivity index (χ0n) is 12.4. The van der Waals surface area contributed by atoms with Gasteiger partial charge in [0.05, 0.1) is 0 Å². The van der Waals surface area contributed by atoms with Crippen molar-refractivity contribution in [1.29, 1.82) is 0 Å². The molecule has 0 aliphatic carbocycles. The maximum absolute atomic E-state index is 12.3. The fraction of sp³-hybridized carbons (Fsp3) is 0.222. The molecule has 0 radical (unpaired) electrons. The first kappa shape index (κ1) is 14.8. The van der Waals surface area contributed by atoms with Crippen LogP contribution in [-0.2, 0) is 4.79 Å². The molecule has 0 heterocycles. The lowest BCUT2D eigenvalue weighted by molar-refractivity contribution is -0.135. The van der Waals surface area contributed by atoms with Crippen LogP contribution in [0.2, 0.25) is 0 Å². The summed E-state index contributed by atoms with van der Waals surface area (Å²) >= 11 is 0. The molecule has 0 saturated carbocycles. The van der Waals surface area contributed by atoms with Gasteiger partial charge in [-0.3, -0.25) is 4.85 Å². The second-order valence-corrected chi connectivity index (χ2v) is 5.09. The van der Waals surface area contributed by atoms with E-state index in [4.69, 9.17) is 11.3 Å². The van der Waals surface area contributed by atoms with E-state index in [9.17, 15) is 4.79 Å². The molecule has 0 N–H and O–H groups in total. The SMILES string of the molecule is [C-]#[N+]C(C(=O)Oc1c(C)cc(C)cc1C)c1ccccc1. The van der Waals surface area contributed by atoms with E-state index in [1.807, 2.05) is 51.1 Å². The maximum atomic E-state index is 12.3. The molecule has 0 spiro atoms. The van der Waals surface area contributed by atoms with Crippen molar-refractivity contribution >= 4 is 5.97 Å². The van der Waals surface area contributed by atoms with Gasteiger partial charge in [0, 0.05) is 5.56 Å². The number of aryl methyl sites for hydroxylation is 3. The van der Waals surface area contributed by atoms with Crippen molar-refractivity contribution in [2.24, 2.45) is 0 Å². The molecule has 2 rings (SSSR count). The number of nitrogens with zero attached hydrogens (tertiary/aromatic N) is 1. The summed E-state index contributed by atoms with van der Waals surface area (Å²) in [7, 11) is 0. The van der Waals surface area contributed by atoms with Crippen molar-refractivity contribution < 1.29 is 9.53 Å². The van der Waals surface area contributed by atoms with Gasteiger partial charge in [0.2, 0.25) is 0 Å². The fourth-order valence-electron chi connectivity index (χ4n) is 2.38. The smallest absolute Gasteiger partial charge is 0.400 e. The van der Waals surface area contributed by atoms with Gasteiger partial charge in [-0.1, -0.05) is 48.0 Å². The van der Waals surface area contributed by atoms with E-state index < -0.39 is 12.0 Å². The lowest BCUT2D eigenvalue weighted by Gasteiger charge is -2.12. The third-order valence-electron chi connectivity index (χ3n) is 3.27. The van der Waals surface area contributed by atoms with Crippen LogP contribution >= 0.6 is 0 Å². The minimum Gasteiger partial charge on any atom is -0.420 e. The molecule has 0 fully saturated rings. The summed E-state index contributed by atoms with van der Waals surface area (Å²) in [5.41, 5.74) is 3.57. The van der Waals surface area contributed by atoms with Gasteiger partial charge in [0.15, 0.2) is 0 Å². The minimum absolute atomic E-state index is 0.536. The number of rotatable bonds is 3. The number of hydrogen-bond acceptors (Lipinski definition) is 2. The maximum Gasteiger partial charge on any atom is 0.400 e. The highest BCUT2D eigenvalue weighted by molar-refractivity contribution is 5.82. The molecule has 0 saturated heterocycles. The lowest BCUT2D eigenvalue weighted by atomic mass is 10.1. The zero-order chi connectivity index (χ0) is 15.4. The highest BCUT2D eigenvalue weighted by Crippen LogP contribution is 2.27. The third kappa shape index (κ3) is 3.29. The molecule has 3 heteroatoms. The summed E-state index contributed by atoms with van der Waals surface area (Å²) in [6, 6.07) is 12.0. The second kappa shape index (κ2) is 6.23. The van der Waals surface area contributed by atoms with Gasteiger partial charge in [-0.2, -0.15) is 0 Å². The van der Waals surface area contributed by atoms with Crippen molar-refractivity contribution in [2.75, 3.05) is 0 Å². The van der Waals surface area contributed by atoms with Gasteiger partial charge in [0.1, 0.15) is 5.75 Å². The Balaban J connectivity index is 2.28. The zero-order valence-corrected chi connectivity index (χ0v) is 12.4. The first-order chi connectivity index (χ1) is 10.0. The van der Waals surface area contributed by atoms with Crippen molar-refractivity contribution in [3.8, 4) is 5.75 Å². The van der Waals surface area contributed by atoms with E-state index in [0.717, 1.165) is 16.7 Å². The van der Waals surface area contributed by atoms with Gasteiger partial charge >= 0.3 is 12.0 Å². The van der Waals surface area contributed by atoms with Gasteiger partial charge < -0.3 is 4.74 Å². The predicted octanol–water partition coefficient (Wildman–Crippen LogP) is 4.18. The van der Waals surface area contributed by atoms with Crippen LogP contribution in [0.15, 0.2) is 42.5 Å². The highest BCUT2D eigenvalue weighted by Gasteiger charge is 2.28. The molecule has 2 aromatic carbocycles. The Morgan fingerprint density at radius 3 is 2.19 bits per heavy atom. The number of ether oxygens (including phenoxy) is 1. The van der Waals surface area contributed by atoms with E-state index in [-0.39, 0.29) is 0 Å². The monoisotopic (exact) mass is 279 g/mol. The van der Waals surface area contributed by atoms with Gasteiger partial charge in [-0.05, 0) is 31.9 Å². The van der Waals surface area contributed by atoms with Crippen LogP contribution in [0.3, 0.4) is 0 Å². The molecule has 1 atom stereocenters. The van der Waals surface area contributed by atoms with Crippen molar-refractivity contribution in [3.05, 3.63) is 76.1 Å². The van der Waals surface area contributed by atoms with Crippen LogP contribution < -0.4 is 4.74 Å². The van der Waals surface area contributed by atoms with E-state index in [1.165, 1.54) is 0 Å². The summed E-state index contributed by atoms with van der Waals surface area (Å²) in [5, 5.41) is 0. The molecule has 0 aromatic heterocycles. The first-order valence-corrected chi connectivity index (χ1v) is 6.74. The average Bonchev–Trinajstić information content (AvgIpc) is 2.45. The van der Waals surface area contributed by atoms with E-state index in [2.05, 4.69) is 4.85 Å². The second-order valence-electron chi connectivity index (χ2n) is 5.09. The molecule has 106 valence electrons. The van der Waals surface area contributed by atoms with E-state index in [0.29, 0.717) is 11.3 Å². The van der Waals surface area contributed by atoms with Crippen LogP contribution in [0.1, 0.15) is 28.3 Å². The number of carbonyl (C=O) groups is 1. The summed E-state index contributed by atoms with van der Waals surface area (Å²) in [6.07, 6.45) is 0. The molecule has 1 unspecified atom stereocenters. The summed E-state index contributed by atoms with van der Waals surface area (Å²) < 4.78 is 5.49. The molecule has 0 aliphatic heterocycles. The molecule has 3 nitrogen and oxygen atoms in total. The Bertz CT molecular complexity index is 676. The van der Waals surface area contributed by atoms with Crippen LogP contribution in [-0.4, -0.2) is 5.97 Å². The molecule has 21 heavy (non-hydrogen) atoms. The standard InChI is InChI=1S/C18H17NO2/c1-12-10-13(2)17(14(3)11-12)21-18(20)16(19-4)15-8-6-5-7-9-15/h5-11,16H,1-3H3. The highest BCUT2D eigenvalue weighted by atomic mass is 16.5. The molecule has 0 aliphatic rings. The molecule has 0 amide bonds. The number of hydrogen-bond donors (Lipinski definition) is 0. The average molecular weight is 279 g/mol. The Labute approximate surface area is 125 Å².